The maximum Gasteiger partial charge on any atom is 0.225 e. The molecule has 50 heavy (non-hydrogen) atoms. The van der Waals surface area contributed by atoms with Crippen LogP contribution in [0.15, 0.2) is 0 Å². The molecule has 8 heteroatoms. The first-order chi connectivity index (χ1) is 24.7. The van der Waals surface area contributed by atoms with E-state index in [1.165, 1.54) is 193 Å². The zero-order chi connectivity index (χ0) is 35.7. The van der Waals surface area contributed by atoms with Gasteiger partial charge in [-0.15, -0.1) is 0 Å². The van der Waals surface area contributed by atoms with Crippen LogP contribution >= 0.6 is 23.2 Å². The van der Waals surface area contributed by atoms with Crippen molar-refractivity contribution in [1.29, 1.82) is 0 Å². The fourth-order valence-corrected chi connectivity index (χ4v) is 7.31. The Labute approximate surface area is 318 Å². The Morgan fingerprint density at radius 2 is 0.540 bits per heavy atom. The van der Waals surface area contributed by atoms with Crippen LogP contribution in [0.1, 0.15) is 219 Å². The molecular weight excluding hydrogens is 659 g/mol. The minimum atomic E-state index is 0.198. The fourth-order valence-electron chi connectivity index (χ4n) is 6.97. The van der Waals surface area contributed by atoms with Crippen LogP contribution in [0.3, 0.4) is 0 Å². The summed E-state index contributed by atoms with van der Waals surface area (Å²) in [4.78, 5) is 17.8. The first-order valence-electron chi connectivity index (χ1n) is 21.5. The second-order valence-electron chi connectivity index (χ2n) is 14.8. The summed E-state index contributed by atoms with van der Waals surface area (Å²) < 4.78 is 0. The van der Waals surface area contributed by atoms with Gasteiger partial charge in [-0.3, -0.25) is 0 Å². The minimum absolute atomic E-state index is 0.198. The van der Waals surface area contributed by atoms with Crippen LogP contribution in [0.4, 0.5) is 11.6 Å². The fraction of sp³-hybridized carbons (Fsp3) is 0.857. The number of anilines is 2. The second kappa shape index (κ2) is 32.3. The van der Waals surface area contributed by atoms with Crippen molar-refractivity contribution < 1.29 is 0 Å². The normalized spacial score (nSPS) is 11.5. The second-order valence-corrected chi connectivity index (χ2v) is 15.5. The standard InChI is InChI=1S/C42H76Cl2N6/c1-3-5-7-9-11-13-15-17-19-21-23-25-27-29-31-33-35-45-39-37-38(48-41(43)49-39)40(50-42(44)47-37)46-36-34-32-30-28-26-24-22-20-18-16-14-12-10-8-6-4-2/h3-36H2,1-2H3,(H,45,48,49)(H,46,47,50). The number of fused-ring (bicyclic) bond motifs is 1. The Hall–Kier alpha value is -1.40. The number of hydrogen-bond acceptors (Lipinski definition) is 6. The lowest BCUT2D eigenvalue weighted by molar-refractivity contribution is 0.530. The van der Waals surface area contributed by atoms with E-state index in [0.29, 0.717) is 22.7 Å². The van der Waals surface area contributed by atoms with Gasteiger partial charge in [-0.2, -0.15) is 9.97 Å². The molecule has 0 aromatic carbocycles. The number of unbranched alkanes of at least 4 members (excludes halogenated alkanes) is 30. The Bertz CT molecular complexity index is 985. The Kier molecular flexibility index (Phi) is 28.9. The third-order valence-corrected chi connectivity index (χ3v) is 10.5. The van der Waals surface area contributed by atoms with E-state index in [0.717, 1.165) is 25.9 Å². The van der Waals surface area contributed by atoms with E-state index in [-0.39, 0.29) is 10.6 Å². The molecule has 2 N–H and O–H groups in total. The first kappa shape index (κ1) is 44.8. The molecule has 0 bridgehead atoms. The highest BCUT2D eigenvalue weighted by atomic mass is 35.5. The lowest BCUT2D eigenvalue weighted by Crippen LogP contribution is -2.09. The number of nitrogens with zero attached hydrogens (tertiary/aromatic N) is 4. The Balaban J connectivity index is 1.52. The molecule has 2 aromatic rings. The highest BCUT2D eigenvalue weighted by molar-refractivity contribution is 6.30. The van der Waals surface area contributed by atoms with Gasteiger partial charge in [-0.25, -0.2) is 9.97 Å². The molecule has 2 aromatic heterocycles. The number of halogens is 2. The number of hydrogen-bond donors (Lipinski definition) is 2. The molecule has 0 aliphatic carbocycles. The smallest absolute Gasteiger partial charge is 0.225 e. The summed E-state index contributed by atoms with van der Waals surface area (Å²) in [6.45, 7) is 6.23. The van der Waals surface area contributed by atoms with Gasteiger partial charge in [0.15, 0.2) is 11.6 Å². The van der Waals surface area contributed by atoms with Crippen molar-refractivity contribution in [1.82, 2.24) is 19.9 Å². The number of aromatic nitrogens is 4. The van der Waals surface area contributed by atoms with Crippen LogP contribution in [0, 0.1) is 0 Å². The van der Waals surface area contributed by atoms with Crippen LogP contribution in [-0.2, 0) is 0 Å². The Morgan fingerprint density at radius 1 is 0.320 bits per heavy atom. The van der Waals surface area contributed by atoms with Gasteiger partial charge in [0.05, 0.1) is 0 Å². The van der Waals surface area contributed by atoms with Gasteiger partial charge < -0.3 is 10.6 Å². The van der Waals surface area contributed by atoms with Gasteiger partial charge in [0.25, 0.3) is 0 Å². The summed E-state index contributed by atoms with van der Waals surface area (Å²) in [5, 5.41) is 7.29. The minimum Gasteiger partial charge on any atom is -0.368 e. The predicted molar refractivity (Wildman–Crippen MR) is 221 cm³/mol. The Morgan fingerprint density at radius 3 is 0.780 bits per heavy atom. The molecule has 288 valence electrons. The lowest BCUT2D eigenvalue weighted by Gasteiger charge is -2.12. The van der Waals surface area contributed by atoms with Gasteiger partial charge in [0.1, 0.15) is 11.0 Å². The first-order valence-corrected chi connectivity index (χ1v) is 22.3. The maximum absolute atomic E-state index is 6.35. The molecule has 2 heterocycles. The molecule has 0 aliphatic rings. The van der Waals surface area contributed by atoms with Gasteiger partial charge in [0, 0.05) is 13.1 Å². The van der Waals surface area contributed by atoms with Crippen LogP contribution in [0.2, 0.25) is 10.6 Å². The molecule has 0 spiro atoms. The average Bonchev–Trinajstić information content (AvgIpc) is 3.11. The molecule has 2 rings (SSSR count). The molecule has 0 saturated heterocycles. The summed E-state index contributed by atoms with van der Waals surface area (Å²) in [6.07, 6.45) is 43.7. The summed E-state index contributed by atoms with van der Waals surface area (Å²) in [7, 11) is 0. The van der Waals surface area contributed by atoms with Crippen molar-refractivity contribution in [3.63, 3.8) is 0 Å². The van der Waals surface area contributed by atoms with E-state index in [4.69, 9.17) is 23.2 Å². The molecule has 0 aliphatic heterocycles. The molecular formula is C42H76Cl2N6. The highest BCUT2D eigenvalue weighted by Crippen LogP contribution is 2.27. The van der Waals surface area contributed by atoms with E-state index in [1.807, 2.05) is 0 Å². The monoisotopic (exact) mass is 735 g/mol. The van der Waals surface area contributed by atoms with Crippen LogP contribution in [-0.4, -0.2) is 33.0 Å². The van der Waals surface area contributed by atoms with Crippen molar-refractivity contribution in [2.45, 2.75) is 219 Å². The molecule has 0 atom stereocenters. The SMILES string of the molecule is CCCCCCCCCCCCCCCCCCNc1nc(Cl)nc2c(NCCCCCCCCCCCCCCCCCC)nc(Cl)nc12. The zero-order valence-electron chi connectivity index (χ0n) is 32.6. The number of rotatable bonds is 36. The predicted octanol–water partition coefficient (Wildman–Crippen LogP) is 15.1. The van der Waals surface area contributed by atoms with Crippen LogP contribution in [0.25, 0.3) is 11.0 Å². The van der Waals surface area contributed by atoms with Crippen molar-refractivity contribution in [2.24, 2.45) is 0 Å². The molecule has 0 radical (unpaired) electrons. The van der Waals surface area contributed by atoms with Gasteiger partial charge in [0.2, 0.25) is 10.6 Å². The zero-order valence-corrected chi connectivity index (χ0v) is 34.1. The van der Waals surface area contributed by atoms with E-state index < -0.39 is 0 Å². The molecule has 0 amide bonds. The summed E-state index contributed by atoms with van der Waals surface area (Å²) in [5.41, 5.74) is 1.25. The number of nitrogens with one attached hydrogen (secondary N) is 2. The van der Waals surface area contributed by atoms with Crippen LogP contribution in [0.5, 0.6) is 0 Å². The van der Waals surface area contributed by atoms with E-state index in [1.54, 1.807) is 0 Å². The molecule has 6 nitrogen and oxygen atoms in total. The molecule has 0 saturated carbocycles. The third-order valence-electron chi connectivity index (χ3n) is 10.1. The quantitative estimate of drug-likeness (QED) is 0.0536. The van der Waals surface area contributed by atoms with Gasteiger partial charge in [-0.05, 0) is 36.0 Å². The average molecular weight is 736 g/mol. The summed E-state index contributed by atoms with van der Waals surface area (Å²) in [6, 6.07) is 0. The molecule has 0 fully saturated rings. The lowest BCUT2D eigenvalue weighted by atomic mass is 10.0. The van der Waals surface area contributed by atoms with Crippen molar-refractivity contribution >= 4 is 45.9 Å². The molecule has 0 unspecified atom stereocenters. The van der Waals surface area contributed by atoms with Gasteiger partial charge >= 0.3 is 0 Å². The highest BCUT2D eigenvalue weighted by Gasteiger charge is 2.15. The maximum atomic E-state index is 6.35. The van der Waals surface area contributed by atoms with Crippen LogP contribution < -0.4 is 10.6 Å². The largest absolute Gasteiger partial charge is 0.368 e. The topological polar surface area (TPSA) is 75.6 Å². The van der Waals surface area contributed by atoms with Gasteiger partial charge in [-0.1, -0.05) is 206 Å². The summed E-state index contributed by atoms with van der Waals surface area (Å²) >= 11 is 12.7. The van der Waals surface area contributed by atoms with E-state index in [2.05, 4.69) is 44.4 Å². The van der Waals surface area contributed by atoms with E-state index >= 15 is 0 Å². The summed E-state index contributed by atoms with van der Waals surface area (Å²) in [5.74, 6) is 1.27. The van der Waals surface area contributed by atoms with Crippen molar-refractivity contribution in [3.05, 3.63) is 10.6 Å². The van der Waals surface area contributed by atoms with Crippen molar-refractivity contribution in [3.8, 4) is 0 Å². The van der Waals surface area contributed by atoms with Crippen molar-refractivity contribution in [2.75, 3.05) is 23.7 Å². The van der Waals surface area contributed by atoms with E-state index in [9.17, 15) is 0 Å². The third kappa shape index (κ3) is 23.2.